The van der Waals surface area contributed by atoms with E-state index in [1.54, 1.807) is 0 Å². The molecular weight excluding hydrogens is 274 g/mol. The lowest BCUT2D eigenvalue weighted by Gasteiger charge is -2.34. The molecule has 1 aliphatic rings. The molecule has 0 aromatic heterocycles. The van der Waals surface area contributed by atoms with Crippen LogP contribution in [-0.2, 0) is 4.79 Å². The van der Waals surface area contributed by atoms with Gasteiger partial charge in [0.1, 0.15) is 0 Å². The minimum absolute atomic E-state index is 0.596. The Labute approximate surface area is 124 Å². The maximum absolute atomic E-state index is 10.5. The van der Waals surface area contributed by atoms with Crippen LogP contribution in [0.5, 0.6) is 0 Å². The standard InChI is InChI=1S/C16H20ClNO2/c1-2-12-4-3-9-18(11-12)14-7-5-13(15(17)10-14)6-8-16(19)20/h5-8,10,12H,2-4,9,11H2,1H3,(H,19,20)/b8-6+. The Morgan fingerprint density at radius 3 is 3.00 bits per heavy atom. The molecule has 0 aliphatic carbocycles. The van der Waals surface area contributed by atoms with E-state index >= 15 is 0 Å². The monoisotopic (exact) mass is 293 g/mol. The molecule has 0 bridgehead atoms. The van der Waals surface area contributed by atoms with E-state index in [1.165, 1.54) is 25.3 Å². The van der Waals surface area contributed by atoms with Gasteiger partial charge in [-0.2, -0.15) is 0 Å². The third-order valence-corrected chi connectivity index (χ3v) is 4.18. The second kappa shape index (κ2) is 6.80. The van der Waals surface area contributed by atoms with Gasteiger partial charge in [-0.3, -0.25) is 0 Å². The van der Waals surface area contributed by atoms with Gasteiger partial charge in [-0.1, -0.05) is 31.0 Å². The van der Waals surface area contributed by atoms with Crippen LogP contribution in [0.15, 0.2) is 24.3 Å². The number of benzene rings is 1. The molecule has 20 heavy (non-hydrogen) atoms. The normalized spacial score (nSPS) is 19.5. The Morgan fingerprint density at radius 1 is 1.55 bits per heavy atom. The molecule has 2 rings (SSSR count). The summed E-state index contributed by atoms with van der Waals surface area (Å²) in [5, 5.41) is 9.24. The van der Waals surface area contributed by atoms with Gasteiger partial charge in [0.25, 0.3) is 0 Å². The summed E-state index contributed by atoms with van der Waals surface area (Å²) >= 11 is 6.23. The summed E-state index contributed by atoms with van der Waals surface area (Å²) in [5.41, 5.74) is 1.86. The summed E-state index contributed by atoms with van der Waals surface area (Å²) in [4.78, 5) is 12.9. The Balaban J connectivity index is 2.14. The van der Waals surface area contributed by atoms with E-state index in [0.717, 1.165) is 36.3 Å². The van der Waals surface area contributed by atoms with Crippen molar-refractivity contribution < 1.29 is 9.90 Å². The molecule has 108 valence electrons. The molecule has 1 atom stereocenters. The first-order valence-electron chi connectivity index (χ1n) is 7.05. The van der Waals surface area contributed by atoms with Crippen molar-refractivity contribution in [3.63, 3.8) is 0 Å². The van der Waals surface area contributed by atoms with Gasteiger partial charge in [0.2, 0.25) is 0 Å². The van der Waals surface area contributed by atoms with Crippen molar-refractivity contribution in [1.29, 1.82) is 0 Å². The molecule has 1 fully saturated rings. The predicted molar refractivity (Wildman–Crippen MR) is 83.3 cm³/mol. The minimum Gasteiger partial charge on any atom is -0.478 e. The second-order valence-corrected chi connectivity index (χ2v) is 5.65. The van der Waals surface area contributed by atoms with Crippen LogP contribution in [0.1, 0.15) is 31.7 Å². The van der Waals surface area contributed by atoms with Crippen molar-refractivity contribution in [3.05, 3.63) is 34.9 Å². The maximum Gasteiger partial charge on any atom is 0.328 e. The SMILES string of the molecule is CCC1CCCN(c2ccc(/C=C/C(=O)O)c(Cl)c2)C1. The molecule has 0 amide bonds. The van der Waals surface area contributed by atoms with Gasteiger partial charge in [0.15, 0.2) is 0 Å². The van der Waals surface area contributed by atoms with Gasteiger partial charge in [0, 0.05) is 29.9 Å². The van der Waals surface area contributed by atoms with E-state index in [1.807, 2.05) is 18.2 Å². The zero-order chi connectivity index (χ0) is 14.5. The van der Waals surface area contributed by atoms with Crippen molar-refractivity contribution in [2.45, 2.75) is 26.2 Å². The second-order valence-electron chi connectivity index (χ2n) is 5.24. The lowest BCUT2D eigenvalue weighted by Crippen LogP contribution is -2.35. The van der Waals surface area contributed by atoms with Gasteiger partial charge in [-0.25, -0.2) is 4.79 Å². The molecular formula is C16H20ClNO2. The minimum atomic E-state index is -0.966. The molecule has 1 N–H and O–H groups in total. The molecule has 4 heteroatoms. The fraction of sp³-hybridized carbons (Fsp3) is 0.438. The van der Waals surface area contributed by atoms with Crippen LogP contribution >= 0.6 is 11.6 Å². The van der Waals surface area contributed by atoms with Gasteiger partial charge in [-0.15, -0.1) is 0 Å². The topological polar surface area (TPSA) is 40.5 Å². The predicted octanol–water partition coefficient (Wildman–Crippen LogP) is 4.06. The van der Waals surface area contributed by atoms with E-state index < -0.39 is 5.97 Å². The number of hydrogen-bond acceptors (Lipinski definition) is 2. The number of carbonyl (C=O) groups is 1. The molecule has 0 radical (unpaired) electrons. The first-order chi connectivity index (χ1) is 9.60. The molecule has 1 aromatic carbocycles. The highest BCUT2D eigenvalue weighted by atomic mass is 35.5. The third kappa shape index (κ3) is 3.76. The lowest BCUT2D eigenvalue weighted by atomic mass is 9.95. The summed E-state index contributed by atoms with van der Waals surface area (Å²) in [6.45, 7) is 4.38. The first-order valence-corrected chi connectivity index (χ1v) is 7.43. The van der Waals surface area contributed by atoms with Crippen LogP contribution in [-0.4, -0.2) is 24.2 Å². The van der Waals surface area contributed by atoms with Crippen molar-refractivity contribution in [2.24, 2.45) is 5.92 Å². The van der Waals surface area contributed by atoms with E-state index in [-0.39, 0.29) is 0 Å². The van der Waals surface area contributed by atoms with Gasteiger partial charge in [0.05, 0.1) is 0 Å². The highest BCUT2D eigenvalue weighted by Crippen LogP contribution is 2.29. The number of nitrogens with zero attached hydrogens (tertiary/aromatic N) is 1. The number of piperidine rings is 1. The van der Waals surface area contributed by atoms with E-state index in [9.17, 15) is 4.79 Å². The number of aliphatic carboxylic acids is 1. The lowest BCUT2D eigenvalue weighted by molar-refractivity contribution is -0.131. The molecule has 1 aliphatic heterocycles. The maximum atomic E-state index is 10.5. The van der Waals surface area contributed by atoms with Crippen LogP contribution in [0.3, 0.4) is 0 Å². The van der Waals surface area contributed by atoms with Gasteiger partial charge in [-0.05, 0) is 42.5 Å². The molecule has 1 heterocycles. The summed E-state index contributed by atoms with van der Waals surface area (Å²) in [7, 11) is 0. The Bertz CT molecular complexity index is 513. The number of hydrogen-bond donors (Lipinski definition) is 1. The van der Waals surface area contributed by atoms with Crippen LogP contribution in [0.4, 0.5) is 5.69 Å². The van der Waals surface area contributed by atoms with E-state index in [4.69, 9.17) is 16.7 Å². The Kier molecular flexibility index (Phi) is 5.07. The Morgan fingerprint density at radius 2 is 2.35 bits per heavy atom. The average molecular weight is 294 g/mol. The number of carboxylic acids is 1. The molecule has 1 unspecified atom stereocenters. The fourth-order valence-corrected chi connectivity index (χ4v) is 2.88. The van der Waals surface area contributed by atoms with E-state index in [0.29, 0.717) is 5.02 Å². The number of halogens is 1. The number of rotatable bonds is 4. The smallest absolute Gasteiger partial charge is 0.328 e. The Hall–Kier alpha value is -1.48. The van der Waals surface area contributed by atoms with Crippen LogP contribution in [0.2, 0.25) is 5.02 Å². The van der Waals surface area contributed by atoms with Crippen molar-refractivity contribution in [1.82, 2.24) is 0 Å². The van der Waals surface area contributed by atoms with Crippen molar-refractivity contribution >= 4 is 29.3 Å². The summed E-state index contributed by atoms with van der Waals surface area (Å²) in [5.74, 6) is -0.207. The molecule has 1 aromatic rings. The zero-order valence-corrected chi connectivity index (χ0v) is 12.4. The molecule has 0 saturated carbocycles. The summed E-state index contributed by atoms with van der Waals surface area (Å²) in [6.07, 6.45) is 6.37. The summed E-state index contributed by atoms with van der Waals surface area (Å²) < 4.78 is 0. The quantitative estimate of drug-likeness (QED) is 0.851. The number of carboxylic acid groups (broad SMARTS) is 1. The fourth-order valence-electron chi connectivity index (χ4n) is 2.64. The summed E-state index contributed by atoms with van der Waals surface area (Å²) in [6, 6.07) is 5.83. The highest BCUT2D eigenvalue weighted by molar-refractivity contribution is 6.32. The largest absolute Gasteiger partial charge is 0.478 e. The van der Waals surface area contributed by atoms with Crippen LogP contribution < -0.4 is 4.90 Å². The van der Waals surface area contributed by atoms with Gasteiger partial charge < -0.3 is 10.0 Å². The van der Waals surface area contributed by atoms with Crippen LogP contribution in [0, 0.1) is 5.92 Å². The molecule has 1 saturated heterocycles. The zero-order valence-electron chi connectivity index (χ0n) is 11.7. The third-order valence-electron chi connectivity index (χ3n) is 3.85. The van der Waals surface area contributed by atoms with Crippen molar-refractivity contribution in [2.75, 3.05) is 18.0 Å². The first kappa shape index (κ1) is 14.9. The molecule has 3 nitrogen and oxygen atoms in total. The van der Waals surface area contributed by atoms with Gasteiger partial charge >= 0.3 is 5.97 Å². The van der Waals surface area contributed by atoms with Crippen molar-refractivity contribution in [3.8, 4) is 0 Å². The molecule has 0 spiro atoms. The van der Waals surface area contributed by atoms with E-state index in [2.05, 4.69) is 11.8 Å². The number of anilines is 1. The van der Waals surface area contributed by atoms with Crippen LogP contribution in [0.25, 0.3) is 6.08 Å². The highest BCUT2D eigenvalue weighted by Gasteiger charge is 2.19. The average Bonchev–Trinajstić information content (AvgIpc) is 2.46.